The number of aliphatic hydroxyl groups excluding tert-OH is 1. The van der Waals surface area contributed by atoms with Crippen molar-refractivity contribution in [3.63, 3.8) is 0 Å². The van der Waals surface area contributed by atoms with Crippen molar-refractivity contribution in [2.24, 2.45) is 0 Å². The molecule has 0 aliphatic carbocycles. The first kappa shape index (κ1) is 14.5. The zero-order chi connectivity index (χ0) is 14.5. The Bertz CT molecular complexity index is 626. The molecule has 0 fully saturated rings. The maximum absolute atomic E-state index is 8.77. The second-order valence-electron chi connectivity index (χ2n) is 4.45. The highest BCUT2D eigenvalue weighted by molar-refractivity contribution is 8.18. The normalized spacial score (nSPS) is 14.5. The lowest BCUT2D eigenvalue weighted by Crippen LogP contribution is -2.63. The molecular weight excluding hydrogens is 302 g/mol. The number of benzene rings is 2. The molecular formula is C16H16NO2S2+. The Kier molecular flexibility index (Phi) is 4.87. The van der Waals surface area contributed by atoms with Crippen LogP contribution < -0.4 is 8.86 Å². The van der Waals surface area contributed by atoms with Crippen molar-refractivity contribution in [1.29, 1.82) is 0 Å². The SMILES string of the molecule is OCCOc1ccc(C2=C(c3ccccc3)S[NH2+]S2)cc1. The van der Waals surface area contributed by atoms with Gasteiger partial charge in [0.25, 0.3) is 0 Å². The maximum atomic E-state index is 8.77. The summed E-state index contributed by atoms with van der Waals surface area (Å²) in [6, 6.07) is 18.5. The predicted molar refractivity (Wildman–Crippen MR) is 89.4 cm³/mol. The first-order valence-electron chi connectivity index (χ1n) is 6.67. The lowest BCUT2D eigenvalue weighted by molar-refractivity contribution is -0.261. The van der Waals surface area contributed by atoms with Gasteiger partial charge in [0.1, 0.15) is 36.3 Å². The molecule has 0 atom stereocenters. The molecule has 1 aliphatic rings. The van der Waals surface area contributed by atoms with Crippen molar-refractivity contribution >= 4 is 33.7 Å². The van der Waals surface area contributed by atoms with Gasteiger partial charge in [-0.05, 0) is 35.4 Å². The standard InChI is InChI=1S/C16H15NO2S2/c18-10-11-19-14-8-6-13(7-9-14)16-15(20-17-21-16)12-4-2-1-3-5-12/h1-9,17-18H,10-11H2/p+1. The van der Waals surface area contributed by atoms with E-state index in [-0.39, 0.29) is 6.61 Å². The molecule has 0 amide bonds. The quantitative estimate of drug-likeness (QED) is 0.832. The smallest absolute Gasteiger partial charge is 0.123 e. The van der Waals surface area contributed by atoms with E-state index in [0.717, 1.165) is 5.75 Å². The molecule has 108 valence electrons. The summed E-state index contributed by atoms with van der Waals surface area (Å²) in [5, 5.41) is 8.77. The van der Waals surface area contributed by atoms with Gasteiger partial charge in [-0.3, -0.25) is 0 Å². The van der Waals surface area contributed by atoms with E-state index in [1.54, 1.807) is 23.9 Å². The van der Waals surface area contributed by atoms with Gasteiger partial charge in [-0.1, -0.05) is 30.3 Å². The van der Waals surface area contributed by atoms with Crippen LogP contribution in [-0.4, -0.2) is 18.3 Å². The maximum Gasteiger partial charge on any atom is 0.123 e. The monoisotopic (exact) mass is 318 g/mol. The molecule has 21 heavy (non-hydrogen) atoms. The molecule has 0 aromatic heterocycles. The van der Waals surface area contributed by atoms with Crippen LogP contribution in [0.4, 0.5) is 0 Å². The van der Waals surface area contributed by atoms with E-state index in [0.29, 0.717) is 6.61 Å². The molecule has 3 rings (SSSR count). The number of quaternary nitrogens is 1. The molecule has 0 saturated carbocycles. The number of hydrogen-bond donors (Lipinski definition) is 2. The van der Waals surface area contributed by atoms with Crippen molar-refractivity contribution in [3.8, 4) is 5.75 Å². The van der Waals surface area contributed by atoms with Crippen LogP contribution in [0.5, 0.6) is 5.75 Å². The van der Waals surface area contributed by atoms with Crippen LogP contribution in [0, 0.1) is 0 Å². The van der Waals surface area contributed by atoms with E-state index in [1.807, 2.05) is 18.2 Å². The van der Waals surface area contributed by atoms with E-state index in [4.69, 9.17) is 9.84 Å². The Morgan fingerprint density at radius 2 is 1.48 bits per heavy atom. The van der Waals surface area contributed by atoms with E-state index in [1.165, 1.54) is 20.9 Å². The largest absolute Gasteiger partial charge is 0.491 e. The van der Waals surface area contributed by atoms with Gasteiger partial charge in [0, 0.05) is 0 Å². The van der Waals surface area contributed by atoms with Crippen molar-refractivity contribution in [2.45, 2.75) is 0 Å². The molecule has 2 aromatic rings. The van der Waals surface area contributed by atoms with Crippen LogP contribution in [0.2, 0.25) is 0 Å². The van der Waals surface area contributed by atoms with E-state index in [2.05, 4.69) is 40.5 Å². The molecule has 3 nitrogen and oxygen atoms in total. The van der Waals surface area contributed by atoms with Gasteiger partial charge < -0.3 is 9.84 Å². The molecule has 1 aliphatic heterocycles. The molecule has 3 N–H and O–H groups in total. The fraction of sp³-hybridized carbons (Fsp3) is 0.125. The summed E-state index contributed by atoms with van der Waals surface area (Å²) >= 11 is 3.53. The molecule has 0 unspecified atom stereocenters. The Hall–Kier alpha value is -1.40. The average molecular weight is 318 g/mol. The van der Waals surface area contributed by atoms with Crippen molar-refractivity contribution in [1.82, 2.24) is 0 Å². The second kappa shape index (κ2) is 7.04. The number of hydrogen-bond acceptors (Lipinski definition) is 4. The third-order valence-corrected chi connectivity index (χ3v) is 5.30. The van der Waals surface area contributed by atoms with E-state index >= 15 is 0 Å². The van der Waals surface area contributed by atoms with Crippen molar-refractivity contribution < 1.29 is 14.0 Å². The van der Waals surface area contributed by atoms with Gasteiger partial charge in [-0.15, -0.1) is 0 Å². The lowest BCUT2D eigenvalue weighted by atomic mass is 10.1. The summed E-state index contributed by atoms with van der Waals surface area (Å²) in [6.07, 6.45) is 0. The van der Waals surface area contributed by atoms with Crippen molar-refractivity contribution in [3.05, 3.63) is 65.7 Å². The van der Waals surface area contributed by atoms with Gasteiger partial charge in [0.05, 0.1) is 16.4 Å². The Balaban J connectivity index is 1.88. The van der Waals surface area contributed by atoms with Crippen molar-refractivity contribution in [2.75, 3.05) is 13.2 Å². The molecule has 2 aromatic carbocycles. The Labute approximate surface area is 132 Å². The predicted octanol–water partition coefficient (Wildman–Crippen LogP) is 2.76. The molecule has 0 radical (unpaired) electrons. The zero-order valence-electron chi connectivity index (χ0n) is 11.4. The molecule has 1 heterocycles. The number of rotatable bonds is 5. The summed E-state index contributed by atoms with van der Waals surface area (Å²) in [5.74, 6) is 0.786. The van der Waals surface area contributed by atoms with Gasteiger partial charge in [-0.25, -0.2) is 4.13 Å². The minimum atomic E-state index is 0.0342. The highest BCUT2D eigenvalue weighted by Gasteiger charge is 2.24. The molecule has 0 saturated heterocycles. The topological polar surface area (TPSA) is 46.1 Å². The second-order valence-corrected chi connectivity index (χ2v) is 6.51. The van der Waals surface area contributed by atoms with Gasteiger partial charge in [0.15, 0.2) is 0 Å². The van der Waals surface area contributed by atoms with Gasteiger partial charge in [0.2, 0.25) is 0 Å². The highest BCUT2D eigenvalue weighted by atomic mass is 32.2. The first-order valence-corrected chi connectivity index (χ1v) is 8.43. The summed E-state index contributed by atoms with van der Waals surface area (Å²) < 4.78 is 7.56. The zero-order valence-corrected chi connectivity index (χ0v) is 13.0. The van der Waals surface area contributed by atoms with Gasteiger partial charge >= 0.3 is 0 Å². The third-order valence-electron chi connectivity index (χ3n) is 3.05. The van der Waals surface area contributed by atoms with Crippen LogP contribution >= 0.6 is 23.9 Å². The van der Waals surface area contributed by atoms with Crippen LogP contribution in [0.25, 0.3) is 9.81 Å². The van der Waals surface area contributed by atoms with E-state index in [9.17, 15) is 0 Å². The Morgan fingerprint density at radius 3 is 2.10 bits per heavy atom. The summed E-state index contributed by atoms with van der Waals surface area (Å²) in [4.78, 5) is 2.57. The summed E-state index contributed by atoms with van der Waals surface area (Å²) in [6.45, 7) is 0.363. The van der Waals surface area contributed by atoms with Crippen LogP contribution in [0.1, 0.15) is 11.1 Å². The summed E-state index contributed by atoms with van der Waals surface area (Å²) in [7, 11) is 0. The molecule has 0 bridgehead atoms. The fourth-order valence-electron chi connectivity index (χ4n) is 2.08. The number of aliphatic hydroxyl groups is 1. The van der Waals surface area contributed by atoms with Crippen LogP contribution in [-0.2, 0) is 0 Å². The lowest BCUT2D eigenvalue weighted by Gasteiger charge is -2.06. The summed E-state index contributed by atoms with van der Waals surface area (Å²) in [5.41, 5.74) is 2.44. The van der Waals surface area contributed by atoms with Crippen LogP contribution in [0.15, 0.2) is 54.6 Å². The van der Waals surface area contributed by atoms with Crippen LogP contribution in [0.3, 0.4) is 0 Å². The molecule has 0 spiro atoms. The van der Waals surface area contributed by atoms with E-state index < -0.39 is 0 Å². The molecule has 5 heteroatoms. The minimum absolute atomic E-state index is 0.0342. The third kappa shape index (κ3) is 3.44. The first-order chi connectivity index (χ1) is 10.4. The minimum Gasteiger partial charge on any atom is -0.491 e. The average Bonchev–Trinajstić information content (AvgIpc) is 3.04. The highest BCUT2D eigenvalue weighted by Crippen LogP contribution is 2.41. The number of ether oxygens (including phenoxy) is 1. The fourth-order valence-corrected chi connectivity index (χ4v) is 4.33. The van der Waals surface area contributed by atoms with Gasteiger partial charge in [-0.2, -0.15) is 0 Å². The number of nitrogens with two attached hydrogens (primary N) is 1. The Morgan fingerprint density at radius 1 is 0.857 bits per heavy atom.